The summed E-state index contributed by atoms with van der Waals surface area (Å²) in [7, 11) is -26.4. The van der Waals surface area contributed by atoms with E-state index in [-0.39, 0.29) is 48.9 Å². The molecule has 184 valence electrons. The first-order valence-corrected chi connectivity index (χ1v) is 11.2. The van der Waals surface area contributed by atoms with E-state index in [2.05, 4.69) is 0 Å². The van der Waals surface area contributed by atoms with E-state index in [0.717, 1.165) is 0 Å². The molecular weight excluding hydrogens is 698 g/mol. The molecule has 0 saturated carbocycles. The molecule has 2 N–H and O–H groups in total. The van der Waals surface area contributed by atoms with Gasteiger partial charge >= 0.3 is 111 Å². The molecule has 0 aliphatic carbocycles. The van der Waals surface area contributed by atoms with Crippen molar-refractivity contribution in [3.8, 4) is 0 Å². The van der Waals surface area contributed by atoms with Gasteiger partial charge in [-0.15, -0.1) is 0 Å². The van der Waals surface area contributed by atoms with E-state index in [9.17, 15) is 86.4 Å². The van der Waals surface area contributed by atoms with Crippen molar-refractivity contribution in [3.05, 3.63) is 0 Å². The molecule has 10 nitrogen and oxygen atoms in total. The van der Waals surface area contributed by atoms with Gasteiger partial charge in [0.15, 0.2) is 0 Å². The molecule has 0 spiro atoms. The Morgan fingerprint density at radius 3 is 0.516 bits per heavy atom. The molecule has 0 aliphatic rings. The molecule has 0 aliphatic heterocycles. The second-order valence-electron chi connectivity index (χ2n) is 3.96. The Morgan fingerprint density at radius 2 is 0.452 bits per heavy atom. The first kappa shape index (κ1) is 36.0. The second-order valence-corrected chi connectivity index (χ2v) is 11.2. The van der Waals surface area contributed by atoms with Gasteiger partial charge in [0, 0.05) is 0 Å². The number of sulfonamides is 4. The zero-order valence-corrected chi connectivity index (χ0v) is 20.8. The minimum atomic E-state index is -6.60. The Kier molecular flexibility index (Phi) is 12.1. The molecule has 0 atom stereocenters. The third-order valence-electron chi connectivity index (χ3n) is 1.66. The van der Waals surface area contributed by atoms with Crippen LogP contribution in [0.2, 0.25) is 0 Å². The van der Waals surface area contributed by atoms with E-state index in [1.165, 1.54) is 0 Å². The predicted octanol–water partition coefficient (Wildman–Crippen LogP) is 0.170. The fraction of sp³-hybridized carbons (Fsp3) is 1.00. The molecule has 0 saturated heterocycles. The van der Waals surface area contributed by atoms with Crippen molar-refractivity contribution >= 4 is 89.0 Å². The van der Waals surface area contributed by atoms with Crippen LogP contribution in [0, 0.1) is 0 Å². The van der Waals surface area contributed by atoms with Gasteiger partial charge in [0.1, 0.15) is 0 Å². The average molecular weight is 700 g/mol. The third kappa shape index (κ3) is 10.5. The number of hydrogen-bond donors (Lipinski definition) is 2. The van der Waals surface area contributed by atoms with Crippen LogP contribution in [0.15, 0.2) is 0 Å². The fourth-order valence-electron chi connectivity index (χ4n) is 0.478. The van der Waals surface area contributed by atoms with Crippen LogP contribution in [-0.4, -0.2) is 105 Å². The van der Waals surface area contributed by atoms with Gasteiger partial charge in [-0.25, -0.2) is 33.7 Å². The van der Waals surface area contributed by atoms with Crippen molar-refractivity contribution < 1.29 is 86.4 Å². The zero-order chi connectivity index (χ0) is 25.4. The molecule has 31 heavy (non-hydrogen) atoms. The van der Waals surface area contributed by atoms with Crippen LogP contribution >= 0.6 is 0 Å². The summed E-state index contributed by atoms with van der Waals surface area (Å²) in [5, 5.41) is 0. The van der Waals surface area contributed by atoms with E-state index in [0.29, 0.717) is 0 Å². The number of rotatable bonds is 4. The summed E-state index contributed by atoms with van der Waals surface area (Å²) in [6.07, 6.45) is 0. The topological polar surface area (TPSA) is 161 Å². The van der Waals surface area contributed by atoms with Crippen molar-refractivity contribution in [3.63, 3.8) is 0 Å². The monoisotopic (exact) mass is 700 g/mol. The standard InChI is InChI=1S/2C2HF6NO4S2.Ba/c2*3-1(4,5)14(10,11)9-15(12,13)2(6,7)8;/h2*9H;/q;;+2. The van der Waals surface area contributed by atoms with Gasteiger partial charge < -0.3 is 0 Å². The SMILES string of the molecule is O=S(=O)(NS(=O)(=O)C(F)(F)F)C(F)(F)F.O=S(=O)(NS(=O)(=O)C(F)(F)F)C(F)(F)F.[Ba+2]. The Balaban J connectivity index is -0.000000490. The molecule has 0 rings (SSSR count). The van der Waals surface area contributed by atoms with Gasteiger partial charge in [-0.3, -0.25) is 0 Å². The zero-order valence-electron chi connectivity index (χ0n) is 13.1. The summed E-state index contributed by atoms with van der Waals surface area (Å²) in [6.45, 7) is 0. The van der Waals surface area contributed by atoms with Crippen LogP contribution in [0.4, 0.5) is 52.7 Å². The molecule has 0 fully saturated rings. The van der Waals surface area contributed by atoms with E-state index >= 15 is 0 Å². The largest absolute Gasteiger partial charge is 2.00 e. The van der Waals surface area contributed by atoms with Crippen LogP contribution < -0.4 is 8.25 Å². The maximum absolute atomic E-state index is 11.5. The second kappa shape index (κ2) is 10.4. The molecule has 0 heterocycles. The summed E-state index contributed by atoms with van der Waals surface area (Å²) >= 11 is 0. The van der Waals surface area contributed by atoms with E-state index < -0.39 is 70.4 Å². The van der Waals surface area contributed by atoms with Crippen LogP contribution in [0.5, 0.6) is 0 Å². The van der Waals surface area contributed by atoms with Crippen molar-refractivity contribution in [2.24, 2.45) is 0 Å². The van der Waals surface area contributed by atoms with E-state index in [1.54, 1.807) is 0 Å². The van der Waals surface area contributed by atoms with Crippen LogP contribution in [0.1, 0.15) is 0 Å². The van der Waals surface area contributed by atoms with Gasteiger partial charge in [0.25, 0.3) is 0 Å². The molecule has 0 aromatic carbocycles. The summed E-state index contributed by atoms with van der Waals surface area (Å²) in [5.41, 5.74) is -24.6. The van der Waals surface area contributed by atoms with Crippen molar-refractivity contribution in [1.82, 2.24) is 8.25 Å². The molecule has 27 heteroatoms. The minimum absolute atomic E-state index is 0. The number of alkyl halides is 12. The van der Waals surface area contributed by atoms with Gasteiger partial charge in [0.2, 0.25) is 0 Å². The van der Waals surface area contributed by atoms with Crippen molar-refractivity contribution in [2.45, 2.75) is 22.0 Å². The van der Waals surface area contributed by atoms with Crippen molar-refractivity contribution in [2.75, 3.05) is 0 Å². The van der Waals surface area contributed by atoms with Gasteiger partial charge in [-0.2, -0.15) is 52.7 Å². The average Bonchev–Trinajstić information content (AvgIpc) is 2.30. The van der Waals surface area contributed by atoms with Gasteiger partial charge in [-0.1, -0.05) is 8.25 Å². The Bertz CT molecular complexity index is 862. The fourth-order valence-corrected chi connectivity index (χ4v) is 4.30. The molecule has 0 radical (unpaired) electrons. The Labute approximate surface area is 204 Å². The quantitative estimate of drug-likeness (QED) is 0.311. The van der Waals surface area contributed by atoms with Gasteiger partial charge in [0.05, 0.1) is 0 Å². The van der Waals surface area contributed by atoms with Crippen LogP contribution in [0.3, 0.4) is 0 Å². The number of halogens is 12. The maximum atomic E-state index is 11.5. The van der Waals surface area contributed by atoms with E-state index in [4.69, 9.17) is 0 Å². The Hall–Kier alpha value is 0.451. The smallest absolute Gasteiger partial charge is 0.202 e. The third-order valence-corrected chi connectivity index (χ3v) is 7.61. The van der Waals surface area contributed by atoms with Crippen LogP contribution in [0.25, 0.3) is 0 Å². The maximum Gasteiger partial charge on any atom is 2.00 e. The molecule has 0 aromatic rings. The first-order chi connectivity index (χ1) is 12.4. The first-order valence-electron chi connectivity index (χ1n) is 5.23. The number of hydrogen-bond acceptors (Lipinski definition) is 8. The normalized spacial score (nSPS) is 14.8. The van der Waals surface area contributed by atoms with E-state index in [1.807, 2.05) is 0 Å². The molecule has 0 unspecified atom stereocenters. The Morgan fingerprint density at radius 1 is 0.355 bits per heavy atom. The minimum Gasteiger partial charge on any atom is -0.202 e. The molecular formula is C4H2BaF12N2O8S4+2. The molecule has 0 aromatic heterocycles. The number of nitrogens with one attached hydrogen (secondary N) is 2. The summed E-state index contributed by atoms with van der Waals surface area (Å²) < 4.78 is 217. The van der Waals surface area contributed by atoms with Gasteiger partial charge in [-0.05, 0) is 0 Å². The summed E-state index contributed by atoms with van der Waals surface area (Å²) in [4.78, 5) is 0. The van der Waals surface area contributed by atoms with Crippen molar-refractivity contribution in [1.29, 1.82) is 0 Å². The molecule has 0 bridgehead atoms. The summed E-state index contributed by atoms with van der Waals surface area (Å²) in [5.74, 6) is 0. The summed E-state index contributed by atoms with van der Waals surface area (Å²) in [6, 6.07) is 0. The van der Waals surface area contributed by atoms with Crippen LogP contribution in [-0.2, 0) is 40.1 Å². The molecule has 0 amide bonds. The predicted molar refractivity (Wildman–Crippen MR) is 71.9 cm³/mol.